The summed E-state index contributed by atoms with van der Waals surface area (Å²) >= 11 is 0. The van der Waals surface area contributed by atoms with Gasteiger partial charge in [0.2, 0.25) is 0 Å². The van der Waals surface area contributed by atoms with Crippen molar-refractivity contribution in [2.24, 2.45) is 0 Å². The van der Waals surface area contributed by atoms with Crippen LogP contribution in [0.5, 0.6) is 17.2 Å². The number of nitriles is 1. The Morgan fingerprint density at radius 1 is 0.885 bits per heavy atom. The Bertz CT molecular complexity index is 961. The molecule has 26 heavy (non-hydrogen) atoms. The number of nitrogens with zero attached hydrogens (tertiary/aromatic N) is 1. The Morgan fingerprint density at radius 2 is 1.69 bits per heavy atom. The average Bonchev–Trinajstić information content (AvgIpc) is 2.72. The fourth-order valence-electron chi connectivity index (χ4n) is 2.90. The zero-order chi connectivity index (χ0) is 17.8. The van der Waals surface area contributed by atoms with E-state index >= 15 is 0 Å². The van der Waals surface area contributed by atoms with E-state index in [4.69, 9.17) is 14.2 Å². The maximum atomic E-state index is 9.26. The molecule has 0 unspecified atom stereocenters. The van der Waals surface area contributed by atoms with Crippen molar-refractivity contribution in [2.45, 2.75) is 6.61 Å². The molecule has 0 atom stereocenters. The lowest BCUT2D eigenvalue weighted by atomic mass is 10.0. The molecule has 4 nitrogen and oxygen atoms in total. The van der Waals surface area contributed by atoms with E-state index in [0.717, 1.165) is 28.2 Å². The molecule has 0 N–H and O–H groups in total. The van der Waals surface area contributed by atoms with Crippen molar-refractivity contribution in [3.63, 3.8) is 0 Å². The summed E-state index contributed by atoms with van der Waals surface area (Å²) < 4.78 is 17.3. The number of hydrogen-bond acceptors (Lipinski definition) is 4. The maximum absolute atomic E-state index is 9.26. The van der Waals surface area contributed by atoms with Crippen molar-refractivity contribution >= 4 is 0 Å². The Balaban J connectivity index is 1.68. The summed E-state index contributed by atoms with van der Waals surface area (Å²) in [6, 6.07) is 23.4. The average molecular weight is 343 g/mol. The zero-order valence-electron chi connectivity index (χ0n) is 14.1. The molecule has 0 aliphatic carbocycles. The summed E-state index contributed by atoms with van der Waals surface area (Å²) in [5, 5.41) is 9.26. The third-order valence-corrected chi connectivity index (χ3v) is 4.20. The molecule has 3 aromatic carbocycles. The molecular formula is C22H17NO3. The van der Waals surface area contributed by atoms with E-state index < -0.39 is 0 Å². The summed E-state index contributed by atoms with van der Waals surface area (Å²) in [4.78, 5) is 0. The zero-order valence-corrected chi connectivity index (χ0v) is 14.1. The second-order valence-corrected chi connectivity index (χ2v) is 5.96. The van der Waals surface area contributed by atoms with E-state index in [1.165, 1.54) is 0 Å². The Kier molecular flexibility index (Phi) is 4.44. The third kappa shape index (κ3) is 3.33. The van der Waals surface area contributed by atoms with Gasteiger partial charge in [-0.25, -0.2) is 0 Å². The van der Waals surface area contributed by atoms with Crippen LogP contribution >= 0.6 is 0 Å². The number of benzene rings is 3. The summed E-state index contributed by atoms with van der Waals surface area (Å²) in [7, 11) is 0. The van der Waals surface area contributed by atoms with Crippen molar-refractivity contribution < 1.29 is 14.2 Å². The van der Waals surface area contributed by atoms with Crippen molar-refractivity contribution in [3.05, 3.63) is 77.9 Å². The first-order valence-electron chi connectivity index (χ1n) is 8.44. The van der Waals surface area contributed by atoms with Gasteiger partial charge in [0.25, 0.3) is 0 Å². The molecule has 3 aromatic rings. The highest BCUT2D eigenvalue weighted by atomic mass is 16.6. The third-order valence-electron chi connectivity index (χ3n) is 4.20. The van der Waals surface area contributed by atoms with Crippen molar-refractivity contribution in [2.75, 3.05) is 13.2 Å². The van der Waals surface area contributed by atoms with Crippen LogP contribution in [-0.2, 0) is 6.61 Å². The van der Waals surface area contributed by atoms with Gasteiger partial charge in [0.15, 0.2) is 11.5 Å². The van der Waals surface area contributed by atoms with E-state index in [-0.39, 0.29) is 0 Å². The van der Waals surface area contributed by atoms with Gasteiger partial charge in [0.1, 0.15) is 25.6 Å². The van der Waals surface area contributed by atoms with Gasteiger partial charge in [0.05, 0.1) is 11.6 Å². The van der Waals surface area contributed by atoms with E-state index in [1.54, 1.807) is 6.07 Å². The number of ether oxygens (including phenoxy) is 3. The first-order chi connectivity index (χ1) is 12.8. The Hall–Kier alpha value is -3.45. The van der Waals surface area contributed by atoms with Crippen LogP contribution in [0.2, 0.25) is 0 Å². The molecule has 0 spiro atoms. The number of fused-ring (bicyclic) bond motifs is 1. The summed E-state index contributed by atoms with van der Waals surface area (Å²) in [5.74, 6) is 2.18. The predicted molar refractivity (Wildman–Crippen MR) is 98.4 cm³/mol. The smallest absolute Gasteiger partial charge is 0.161 e. The lowest BCUT2D eigenvalue weighted by Crippen LogP contribution is -2.15. The van der Waals surface area contributed by atoms with Crippen LogP contribution < -0.4 is 14.2 Å². The van der Waals surface area contributed by atoms with Crippen LogP contribution in [0.25, 0.3) is 11.1 Å². The van der Waals surface area contributed by atoms with E-state index in [9.17, 15) is 5.26 Å². The second kappa shape index (κ2) is 7.20. The molecule has 1 aliphatic rings. The van der Waals surface area contributed by atoms with Gasteiger partial charge in [-0.3, -0.25) is 0 Å². The molecule has 0 aromatic heterocycles. The fraction of sp³-hybridized carbons (Fsp3) is 0.136. The van der Waals surface area contributed by atoms with Crippen molar-refractivity contribution in [1.29, 1.82) is 5.26 Å². The van der Waals surface area contributed by atoms with Crippen LogP contribution in [0, 0.1) is 11.3 Å². The molecule has 0 fully saturated rings. The quantitative estimate of drug-likeness (QED) is 0.696. The van der Waals surface area contributed by atoms with Gasteiger partial charge in [-0.15, -0.1) is 0 Å². The molecule has 4 heteroatoms. The molecule has 0 amide bonds. The molecule has 128 valence electrons. The Labute approximate surface area is 152 Å². The minimum atomic E-state index is 0.463. The van der Waals surface area contributed by atoms with Crippen LogP contribution in [0.15, 0.2) is 66.7 Å². The van der Waals surface area contributed by atoms with Gasteiger partial charge < -0.3 is 14.2 Å². The lowest BCUT2D eigenvalue weighted by molar-refractivity contribution is 0.171. The largest absolute Gasteiger partial charge is 0.488 e. The molecule has 0 saturated heterocycles. The molecule has 1 heterocycles. The minimum Gasteiger partial charge on any atom is -0.488 e. The van der Waals surface area contributed by atoms with Crippen molar-refractivity contribution in [1.82, 2.24) is 0 Å². The van der Waals surface area contributed by atoms with Gasteiger partial charge in [-0.1, -0.05) is 36.4 Å². The molecule has 4 rings (SSSR count). The number of hydrogen-bond donors (Lipinski definition) is 0. The van der Waals surface area contributed by atoms with Gasteiger partial charge in [-0.2, -0.15) is 5.26 Å². The monoisotopic (exact) mass is 343 g/mol. The molecule has 1 aliphatic heterocycles. The SMILES string of the molecule is N#Cc1ccc(OCc2ccccc2)c(-c2ccc3c(c2)OCCO3)c1. The highest BCUT2D eigenvalue weighted by Crippen LogP contribution is 2.38. The molecule has 0 radical (unpaired) electrons. The van der Waals surface area contributed by atoms with Gasteiger partial charge in [-0.05, 0) is 41.5 Å². The fourth-order valence-corrected chi connectivity index (χ4v) is 2.90. The molecular weight excluding hydrogens is 326 g/mol. The van der Waals surface area contributed by atoms with Crippen LogP contribution in [0.3, 0.4) is 0 Å². The summed E-state index contributed by atoms with van der Waals surface area (Å²) in [6.45, 7) is 1.55. The standard InChI is InChI=1S/C22H17NO3/c23-14-17-6-8-20(26-15-16-4-2-1-3-5-16)19(12-17)18-7-9-21-22(13-18)25-11-10-24-21/h1-9,12-13H,10-11,15H2. The Morgan fingerprint density at radius 3 is 2.50 bits per heavy atom. The summed E-state index contributed by atoms with van der Waals surface area (Å²) in [5.41, 5.74) is 3.46. The van der Waals surface area contributed by atoms with Crippen LogP contribution in [-0.4, -0.2) is 13.2 Å². The van der Waals surface area contributed by atoms with E-state index in [2.05, 4.69) is 6.07 Å². The molecule has 0 bridgehead atoms. The van der Waals surface area contributed by atoms with Crippen LogP contribution in [0.1, 0.15) is 11.1 Å². The first-order valence-corrected chi connectivity index (χ1v) is 8.44. The molecule has 0 saturated carbocycles. The number of rotatable bonds is 4. The highest BCUT2D eigenvalue weighted by Gasteiger charge is 2.15. The highest BCUT2D eigenvalue weighted by molar-refractivity contribution is 5.74. The normalized spacial score (nSPS) is 12.3. The van der Waals surface area contributed by atoms with Crippen molar-refractivity contribution in [3.8, 4) is 34.4 Å². The van der Waals surface area contributed by atoms with Gasteiger partial charge in [0, 0.05) is 5.56 Å². The summed E-state index contributed by atoms with van der Waals surface area (Å²) in [6.07, 6.45) is 0. The first kappa shape index (κ1) is 16.0. The van der Waals surface area contributed by atoms with E-state index in [0.29, 0.717) is 31.1 Å². The lowest BCUT2D eigenvalue weighted by Gasteiger charge is -2.19. The maximum Gasteiger partial charge on any atom is 0.161 e. The predicted octanol–water partition coefficient (Wildman–Crippen LogP) is 4.58. The second-order valence-electron chi connectivity index (χ2n) is 5.96. The van der Waals surface area contributed by atoms with E-state index in [1.807, 2.05) is 60.7 Å². The van der Waals surface area contributed by atoms with Gasteiger partial charge >= 0.3 is 0 Å². The minimum absolute atomic E-state index is 0.463. The topological polar surface area (TPSA) is 51.5 Å². The van der Waals surface area contributed by atoms with Crippen LogP contribution in [0.4, 0.5) is 0 Å².